The molecule has 0 saturated carbocycles. The van der Waals surface area contributed by atoms with Crippen molar-refractivity contribution in [3.8, 4) is 11.5 Å². The number of phenolic OH excluding ortho intramolecular Hbond substituents is 2. The van der Waals surface area contributed by atoms with Crippen molar-refractivity contribution in [2.24, 2.45) is 0 Å². The lowest BCUT2D eigenvalue weighted by molar-refractivity contribution is 0.0938. The Balaban J connectivity index is 2.71. The van der Waals surface area contributed by atoms with E-state index >= 15 is 0 Å². The van der Waals surface area contributed by atoms with Crippen LogP contribution in [0, 0.1) is 0 Å². The summed E-state index contributed by atoms with van der Waals surface area (Å²) in [5.41, 5.74) is -0.0848. The zero-order valence-corrected chi connectivity index (χ0v) is 10.3. The van der Waals surface area contributed by atoms with Crippen LogP contribution >= 0.6 is 0 Å². The van der Waals surface area contributed by atoms with Gasteiger partial charge < -0.3 is 20.4 Å². The molecule has 3 N–H and O–H groups in total. The predicted molar refractivity (Wildman–Crippen MR) is 65.3 cm³/mol. The lowest BCUT2D eigenvalue weighted by Gasteiger charge is -2.20. The molecule has 0 radical (unpaired) electrons. The molecule has 0 bridgehead atoms. The minimum absolute atomic E-state index is 0.0848. The first kappa shape index (κ1) is 13.3. The number of aromatic hydroxyl groups is 2. The number of likely N-dealkylation sites (N-methyl/N-ethyl adjacent to an activating group) is 1. The second kappa shape index (κ2) is 5.54. The summed E-state index contributed by atoms with van der Waals surface area (Å²) in [5.74, 6) is -0.922. The topological polar surface area (TPSA) is 72.8 Å². The molecule has 0 aliphatic heterocycles. The lowest BCUT2D eigenvalue weighted by atomic mass is 10.1. The van der Waals surface area contributed by atoms with Crippen molar-refractivity contribution in [1.29, 1.82) is 0 Å². The van der Waals surface area contributed by atoms with E-state index in [0.717, 1.165) is 0 Å². The van der Waals surface area contributed by atoms with Crippen LogP contribution in [-0.2, 0) is 0 Å². The van der Waals surface area contributed by atoms with Gasteiger partial charge in [-0.15, -0.1) is 0 Å². The van der Waals surface area contributed by atoms with Gasteiger partial charge in [0, 0.05) is 12.6 Å². The van der Waals surface area contributed by atoms with E-state index in [1.54, 1.807) is 0 Å². The molecule has 1 unspecified atom stereocenters. The van der Waals surface area contributed by atoms with E-state index in [-0.39, 0.29) is 23.1 Å². The Morgan fingerprint density at radius 2 is 1.88 bits per heavy atom. The molecule has 0 fully saturated rings. The van der Waals surface area contributed by atoms with Crippen molar-refractivity contribution >= 4 is 5.91 Å². The standard InChI is InChI=1S/C12H18N2O3/c1-8(14(2)3)7-13-12(17)11-9(15)5-4-6-10(11)16/h4-6,8,15-16H,7H2,1-3H3,(H,13,17). The maximum atomic E-state index is 11.8. The van der Waals surface area contributed by atoms with Crippen molar-refractivity contribution in [2.75, 3.05) is 20.6 Å². The summed E-state index contributed by atoms with van der Waals surface area (Å²) in [6.45, 7) is 2.41. The number of phenols is 2. The molecule has 1 aromatic carbocycles. The highest BCUT2D eigenvalue weighted by molar-refractivity contribution is 5.99. The molecule has 5 heteroatoms. The number of rotatable bonds is 4. The highest BCUT2D eigenvalue weighted by Gasteiger charge is 2.16. The molecule has 5 nitrogen and oxygen atoms in total. The molecule has 0 aliphatic rings. The first-order chi connectivity index (χ1) is 7.93. The number of carbonyl (C=O) groups excluding carboxylic acids is 1. The Morgan fingerprint density at radius 3 is 2.35 bits per heavy atom. The molecular weight excluding hydrogens is 220 g/mol. The summed E-state index contributed by atoms with van der Waals surface area (Å²) in [4.78, 5) is 13.7. The molecule has 0 saturated heterocycles. The smallest absolute Gasteiger partial charge is 0.258 e. The van der Waals surface area contributed by atoms with E-state index in [1.165, 1.54) is 18.2 Å². The summed E-state index contributed by atoms with van der Waals surface area (Å²) < 4.78 is 0. The van der Waals surface area contributed by atoms with Crippen LogP contribution in [0.2, 0.25) is 0 Å². The Labute approximate surface area is 101 Å². The van der Waals surface area contributed by atoms with E-state index in [2.05, 4.69) is 5.32 Å². The summed E-state index contributed by atoms with van der Waals surface area (Å²) in [6.07, 6.45) is 0. The summed E-state index contributed by atoms with van der Waals surface area (Å²) in [5, 5.41) is 21.7. The summed E-state index contributed by atoms with van der Waals surface area (Å²) in [7, 11) is 3.82. The number of nitrogens with one attached hydrogen (secondary N) is 1. The fourth-order valence-corrected chi connectivity index (χ4v) is 1.27. The van der Waals surface area contributed by atoms with Crippen molar-refractivity contribution in [3.63, 3.8) is 0 Å². The SMILES string of the molecule is CC(CNC(=O)c1c(O)cccc1O)N(C)C. The highest BCUT2D eigenvalue weighted by Crippen LogP contribution is 2.25. The third-order valence-electron chi connectivity index (χ3n) is 2.69. The van der Waals surface area contributed by atoms with Gasteiger partial charge in [-0.25, -0.2) is 0 Å². The molecule has 94 valence electrons. The molecular formula is C12H18N2O3. The third-order valence-corrected chi connectivity index (χ3v) is 2.69. The first-order valence-electron chi connectivity index (χ1n) is 5.39. The second-order valence-electron chi connectivity index (χ2n) is 4.19. The minimum Gasteiger partial charge on any atom is -0.507 e. The largest absolute Gasteiger partial charge is 0.507 e. The van der Waals surface area contributed by atoms with Crippen LogP contribution in [0.4, 0.5) is 0 Å². The molecule has 1 amide bonds. The minimum atomic E-state index is -0.477. The van der Waals surface area contributed by atoms with Gasteiger partial charge in [0.15, 0.2) is 0 Å². The van der Waals surface area contributed by atoms with Gasteiger partial charge in [-0.2, -0.15) is 0 Å². The van der Waals surface area contributed by atoms with E-state index in [9.17, 15) is 15.0 Å². The van der Waals surface area contributed by atoms with Crippen molar-refractivity contribution in [2.45, 2.75) is 13.0 Å². The molecule has 0 heterocycles. The number of hydrogen-bond donors (Lipinski definition) is 3. The van der Waals surface area contributed by atoms with Crippen molar-refractivity contribution < 1.29 is 15.0 Å². The maximum Gasteiger partial charge on any atom is 0.258 e. The first-order valence-corrected chi connectivity index (χ1v) is 5.39. The molecule has 17 heavy (non-hydrogen) atoms. The van der Waals surface area contributed by atoms with Crippen LogP contribution in [0.1, 0.15) is 17.3 Å². The number of nitrogens with zero attached hydrogens (tertiary/aromatic N) is 1. The molecule has 0 aromatic heterocycles. The molecule has 1 aromatic rings. The van der Waals surface area contributed by atoms with Crippen molar-refractivity contribution in [3.05, 3.63) is 23.8 Å². The number of carbonyl (C=O) groups is 1. The van der Waals surface area contributed by atoms with Gasteiger partial charge in [0.1, 0.15) is 17.1 Å². The van der Waals surface area contributed by atoms with Crippen LogP contribution in [0.25, 0.3) is 0 Å². The average Bonchev–Trinajstić information content (AvgIpc) is 2.25. The zero-order chi connectivity index (χ0) is 13.0. The fraction of sp³-hybridized carbons (Fsp3) is 0.417. The van der Waals surface area contributed by atoms with Gasteiger partial charge in [-0.05, 0) is 33.2 Å². The number of benzene rings is 1. The third kappa shape index (κ3) is 3.35. The number of hydrogen-bond acceptors (Lipinski definition) is 4. The van der Waals surface area contributed by atoms with Crippen LogP contribution in [0.5, 0.6) is 11.5 Å². The Morgan fingerprint density at radius 1 is 1.35 bits per heavy atom. The van der Waals surface area contributed by atoms with E-state index < -0.39 is 5.91 Å². The van der Waals surface area contributed by atoms with Crippen LogP contribution < -0.4 is 5.32 Å². The normalized spacial score (nSPS) is 12.5. The maximum absolute atomic E-state index is 11.8. The van der Waals surface area contributed by atoms with Crippen LogP contribution in [-0.4, -0.2) is 47.7 Å². The average molecular weight is 238 g/mol. The van der Waals surface area contributed by atoms with Crippen LogP contribution in [0.3, 0.4) is 0 Å². The van der Waals surface area contributed by atoms with Gasteiger partial charge >= 0.3 is 0 Å². The predicted octanol–water partition coefficient (Wildman–Crippen LogP) is 0.778. The lowest BCUT2D eigenvalue weighted by Crippen LogP contribution is -2.38. The highest BCUT2D eigenvalue weighted by atomic mass is 16.3. The molecule has 1 atom stereocenters. The van der Waals surface area contributed by atoms with Gasteiger partial charge in [-0.3, -0.25) is 4.79 Å². The van der Waals surface area contributed by atoms with Crippen LogP contribution in [0.15, 0.2) is 18.2 Å². The fourth-order valence-electron chi connectivity index (χ4n) is 1.27. The van der Waals surface area contributed by atoms with E-state index in [1.807, 2.05) is 25.9 Å². The van der Waals surface area contributed by atoms with Gasteiger partial charge in [0.05, 0.1) is 0 Å². The van der Waals surface area contributed by atoms with Gasteiger partial charge in [0.2, 0.25) is 0 Å². The van der Waals surface area contributed by atoms with E-state index in [4.69, 9.17) is 0 Å². The molecule has 0 spiro atoms. The number of amides is 1. The monoisotopic (exact) mass is 238 g/mol. The van der Waals surface area contributed by atoms with Gasteiger partial charge in [-0.1, -0.05) is 6.07 Å². The second-order valence-corrected chi connectivity index (χ2v) is 4.19. The summed E-state index contributed by atoms with van der Waals surface area (Å²) in [6, 6.07) is 4.38. The Hall–Kier alpha value is -1.75. The Kier molecular flexibility index (Phi) is 4.34. The Bertz CT molecular complexity index is 384. The molecule has 0 aliphatic carbocycles. The quantitative estimate of drug-likeness (QED) is 0.724. The van der Waals surface area contributed by atoms with Crippen molar-refractivity contribution in [1.82, 2.24) is 10.2 Å². The molecule has 1 rings (SSSR count). The van der Waals surface area contributed by atoms with E-state index in [0.29, 0.717) is 6.54 Å². The van der Waals surface area contributed by atoms with Gasteiger partial charge in [0.25, 0.3) is 5.91 Å². The summed E-state index contributed by atoms with van der Waals surface area (Å²) >= 11 is 0. The zero-order valence-electron chi connectivity index (χ0n) is 10.3.